The van der Waals surface area contributed by atoms with Crippen LogP contribution in [-0.2, 0) is 9.59 Å². The molecule has 18 heavy (non-hydrogen) atoms. The van der Waals surface area contributed by atoms with Gasteiger partial charge in [0.25, 0.3) is 0 Å². The molecule has 1 aromatic rings. The van der Waals surface area contributed by atoms with Crippen LogP contribution in [0.3, 0.4) is 0 Å². The molecule has 0 aromatic heterocycles. The van der Waals surface area contributed by atoms with Gasteiger partial charge >= 0.3 is 5.97 Å². The van der Waals surface area contributed by atoms with E-state index in [0.29, 0.717) is 23.6 Å². The van der Waals surface area contributed by atoms with Crippen molar-refractivity contribution < 1.29 is 19.1 Å². The quantitative estimate of drug-likeness (QED) is 0.644. The predicted molar refractivity (Wildman–Crippen MR) is 67.8 cm³/mol. The molecule has 1 amide bonds. The third kappa shape index (κ3) is 3.48. The normalized spacial score (nSPS) is 9.72. The van der Waals surface area contributed by atoms with Crippen molar-refractivity contribution in [2.75, 3.05) is 12.4 Å². The van der Waals surface area contributed by atoms with Gasteiger partial charge in [-0.1, -0.05) is 19.9 Å². The van der Waals surface area contributed by atoms with Crippen molar-refractivity contribution in [3.8, 4) is 11.5 Å². The topological polar surface area (TPSA) is 64.6 Å². The van der Waals surface area contributed by atoms with E-state index in [1.807, 2.05) is 0 Å². The van der Waals surface area contributed by atoms with Crippen molar-refractivity contribution in [3.05, 3.63) is 18.2 Å². The molecule has 1 aromatic carbocycles. The first kappa shape index (κ1) is 14.0. The number of amides is 1. The molecule has 1 N–H and O–H groups in total. The van der Waals surface area contributed by atoms with Crippen molar-refractivity contribution in [1.29, 1.82) is 0 Å². The summed E-state index contributed by atoms with van der Waals surface area (Å²) in [6.45, 7) is 3.44. The van der Waals surface area contributed by atoms with Gasteiger partial charge in [0.15, 0.2) is 5.75 Å². The molecule has 0 aliphatic rings. The molecule has 0 spiro atoms. The molecular weight excluding hydrogens is 234 g/mol. The Labute approximate surface area is 106 Å². The Morgan fingerprint density at radius 1 is 1.17 bits per heavy atom. The van der Waals surface area contributed by atoms with Crippen molar-refractivity contribution in [1.82, 2.24) is 0 Å². The summed E-state index contributed by atoms with van der Waals surface area (Å²) in [5, 5.41) is 2.67. The third-order valence-corrected chi connectivity index (χ3v) is 2.31. The fraction of sp³-hybridized carbons (Fsp3) is 0.385. The average Bonchev–Trinajstić information content (AvgIpc) is 2.40. The summed E-state index contributed by atoms with van der Waals surface area (Å²) < 4.78 is 10.3. The van der Waals surface area contributed by atoms with E-state index in [2.05, 4.69) is 5.32 Å². The fourth-order valence-electron chi connectivity index (χ4n) is 1.31. The monoisotopic (exact) mass is 251 g/mol. The van der Waals surface area contributed by atoms with E-state index in [1.54, 1.807) is 32.0 Å². The first-order chi connectivity index (χ1) is 8.62. The number of hydrogen-bond donors (Lipinski definition) is 1. The number of benzene rings is 1. The average molecular weight is 251 g/mol. The SMILES string of the molecule is CCC(=O)Nc1c(OC)cccc1OC(=O)CC. The lowest BCUT2D eigenvalue weighted by Gasteiger charge is -2.14. The van der Waals surface area contributed by atoms with Crippen LogP contribution in [0.5, 0.6) is 11.5 Å². The van der Waals surface area contributed by atoms with Gasteiger partial charge in [-0.25, -0.2) is 0 Å². The molecule has 0 saturated carbocycles. The second-order valence-corrected chi connectivity index (χ2v) is 3.56. The van der Waals surface area contributed by atoms with E-state index >= 15 is 0 Å². The number of esters is 1. The minimum atomic E-state index is -0.366. The second kappa shape index (κ2) is 6.64. The van der Waals surface area contributed by atoms with Crippen LogP contribution in [-0.4, -0.2) is 19.0 Å². The zero-order valence-electron chi connectivity index (χ0n) is 10.8. The number of nitrogens with one attached hydrogen (secondary N) is 1. The zero-order valence-corrected chi connectivity index (χ0v) is 10.8. The highest BCUT2D eigenvalue weighted by atomic mass is 16.5. The summed E-state index contributed by atoms with van der Waals surface area (Å²) in [5.41, 5.74) is 0.383. The number of ether oxygens (including phenoxy) is 2. The number of methoxy groups -OCH3 is 1. The van der Waals surface area contributed by atoms with E-state index in [1.165, 1.54) is 7.11 Å². The molecule has 5 heteroatoms. The minimum absolute atomic E-state index is 0.173. The molecule has 0 fully saturated rings. The Balaban J connectivity index is 3.07. The summed E-state index contributed by atoms with van der Waals surface area (Å²) >= 11 is 0. The lowest BCUT2D eigenvalue weighted by atomic mass is 10.2. The maximum absolute atomic E-state index is 11.4. The highest BCUT2D eigenvalue weighted by Gasteiger charge is 2.14. The van der Waals surface area contributed by atoms with Gasteiger partial charge < -0.3 is 14.8 Å². The number of hydrogen-bond acceptors (Lipinski definition) is 4. The van der Waals surface area contributed by atoms with Gasteiger partial charge in [0.2, 0.25) is 5.91 Å². The summed E-state index contributed by atoms with van der Waals surface area (Å²) in [6.07, 6.45) is 0.595. The van der Waals surface area contributed by atoms with Gasteiger partial charge in [0.05, 0.1) is 7.11 Å². The van der Waals surface area contributed by atoms with Gasteiger partial charge in [-0.05, 0) is 12.1 Å². The van der Waals surface area contributed by atoms with Gasteiger partial charge in [-0.3, -0.25) is 9.59 Å². The summed E-state index contributed by atoms with van der Waals surface area (Å²) in [4.78, 5) is 22.8. The zero-order chi connectivity index (χ0) is 13.5. The van der Waals surface area contributed by atoms with Crippen LogP contribution >= 0.6 is 0 Å². The Kier molecular flexibility index (Phi) is 5.17. The number of rotatable bonds is 5. The first-order valence-corrected chi connectivity index (χ1v) is 5.79. The van der Waals surface area contributed by atoms with E-state index in [4.69, 9.17) is 9.47 Å². The largest absolute Gasteiger partial charge is 0.494 e. The van der Waals surface area contributed by atoms with E-state index < -0.39 is 0 Å². The molecule has 5 nitrogen and oxygen atoms in total. The fourth-order valence-corrected chi connectivity index (χ4v) is 1.31. The molecule has 0 bridgehead atoms. The molecule has 0 heterocycles. The van der Waals surface area contributed by atoms with Crippen LogP contribution in [0, 0.1) is 0 Å². The van der Waals surface area contributed by atoms with Crippen molar-refractivity contribution in [2.45, 2.75) is 26.7 Å². The summed E-state index contributed by atoms with van der Waals surface area (Å²) in [7, 11) is 1.49. The Bertz CT molecular complexity index is 443. The van der Waals surface area contributed by atoms with Crippen LogP contribution in [0.25, 0.3) is 0 Å². The molecule has 0 saturated heterocycles. The molecule has 0 aliphatic carbocycles. The summed E-state index contributed by atoms with van der Waals surface area (Å²) in [6, 6.07) is 4.99. The molecule has 98 valence electrons. The van der Waals surface area contributed by atoms with Crippen LogP contribution in [0.15, 0.2) is 18.2 Å². The van der Waals surface area contributed by atoms with Crippen LogP contribution < -0.4 is 14.8 Å². The first-order valence-electron chi connectivity index (χ1n) is 5.79. The highest BCUT2D eigenvalue weighted by molar-refractivity contribution is 5.94. The van der Waals surface area contributed by atoms with Crippen molar-refractivity contribution >= 4 is 17.6 Å². The maximum atomic E-state index is 11.4. The Morgan fingerprint density at radius 2 is 1.83 bits per heavy atom. The minimum Gasteiger partial charge on any atom is -0.494 e. The van der Waals surface area contributed by atoms with E-state index in [-0.39, 0.29) is 18.3 Å². The van der Waals surface area contributed by atoms with Crippen LogP contribution in [0.1, 0.15) is 26.7 Å². The van der Waals surface area contributed by atoms with Gasteiger partial charge in [0.1, 0.15) is 11.4 Å². The Morgan fingerprint density at radius 3 is 2.39 bits per heavy atom. The lowest BCUT2D eigenvalue weighted by molar-refractivity contribution is -0.134. The lowest BCUT2D eigenvalue weighted by Crippen LogP contribution is -2.14. The van der Waals surface area contributed by atoms with E-state index in [9.17, 15) is 9.59 Å². The van der Waals surface area contributed by atoms with Gasteiger partial charge in [0, 0.05) is 12.8 Å². The maximum Gasteiger partial charge on any atom is 0.310 e. The number of para-hydroxylation sites is 1. The third-order valence-electron chi connectivity index (χ3n) is 2.31. The number of carbonyl (C=O) groups is 2. The molecule has 0 radical (unpaired) electrons. The smallest absolute Gasteiger partial charge is 0.310 e. The van der Waals surface area contributed by atoms with Crippen LogP contribution in [0.4, 0.5) is 5.69 Å². The van der Waals surface area contributed by atoms with Crippen molar-refractivity contribution in [2.24, 2.45) is 0 Å². The van der Waals surface area contributed by atoms with E-state index in [0.717, 1.165) is 0 Å². The molecule has 1 rings (SSSR count). The number of anilines is 1. The molecule has 0 aliphatic heterocycles. The molecule has 0 unspecified atom stereocenters. The second-order valence-electron chi connectivity index (χ2n) is 3.56. The highest BCUT2D eigenvalue weighted by Crippen LogP contribution is 2.34. The van der Waals surface area contributed by atoms with Gasteiger partial charge in [-0.2, -0.15) is 0 Å². The molecule has 0 atom stereocenters. The summed E-state index contributed by atoms with van der Waals surface area (Å²) in [5.74, 6) is 0.213. The predicted octanol–water partition coefficient (Wildman–Crippen LogP) is 2.36. The Hall–Kier alpha value is -2.04. The van der Waals surface area contributed by atoms with Crippen LogP contribution in [0.2, 0.25) is 0 Å². The number of carbonyl (C=O) groups excluding carboxylic acids is 2. The van der Waals surface area contributed by atoms with Gasteiger partial charge in [-0.15, -0.1) is 0 Å². The van der Waals surface area contributed by atoms with Crippen molar-refractivity contribution in [3.63, 3.8) is 0 Å². The molecular formula is C13H17NO4. The standard InChI is InChI=1S/C13H17NO4/c1-4-11(15)14-13-9(17-3)7-6-8-10(13)18-12(16)5-2/h6-8H,4-5H2,1-3H3,(H,14,15).